The molecule has 1 aromatic heterocycles. The highest BCUT2D eigenvalue weighted by Gasteiger charge is 2.26. The minimum atomic E-state index is 0.372. The third kappa shape index (κ3) is 4.21. The van der Waals surface area contributed by atoms with Gasteiger partial charge in [-0.3, -0.25) is 9.88 Å². The number of morpholine rings is 1. The molecule has 5 heteroatoms. The van der Waals surface area contributed by atoms with Gasteiger partial charge in [0.2, 0.25) is 0 Å². The van der Waals surface area contributed by atoms with Gasteiger partial charge in [0.05, 0.1) is 24.1 Å². The van der Waals surface area contributed by atoms with E-state index in [1.54, 1.807) is 0 Å². The van der Waals surface area contributed by atoms with Crippen LogP contribution in [-0.2, 0) is 4.74 Å². The highest BCUT2D eigenvalue weighted by atomic mass is 79.9. The molecule has 2 unspecified atom stereocenters. The molecule has 2 saturated heterocycles. The average molecular weight is 368 g/mol. The Bertz CT molecular complexity index is 481. The Morgan fingerprint density at radius 3 is 2.50 bits per heavy atom. The van der Waals surface area contributed by atoms with E-state index in [0.29, 0.717) is 12.2 Å². The van der Waals surface area contributed by atoms with Crippen LogP contribution in [0.5, 0.6) is 0 Å². The summed E-state index contributed by atoms with van der Waals surface area (Å²) in [4.78, 5) is 9.33. The number of nitrogens with zero attached hydrogens (tertiary/aromatic N) is 3. The van der Waals surface area contributed by atoms with Crippen molar-refractivity contribution in [2.45, 2.75) is 38.9 Å². The summed E-state index contributed by atoms with van der Waals surface area (Å²) in [5.41, 5.74) is 1.24. The number of ether oxygens (including phenoxy) is 1. The minimum absolute atomic E-state index is 0.372. The first-order chi connectivity index (χ1) is 10.6. The van der Waals surface area contributed by atoms with Gasteiger partial charge in [-0.2, -0.15) is 0 Å². The monoisotopic (exact) mass is 367 g/mol. The maximum atomic E-state index is 5.83. The number of rotatable bonds is 3. The van der Waals surface area contributed by atoms with Crippen LogP contribution in [0, 0.1) is 5.92 Å². The van der Waals surface area contributed by atoms with Gasteiger partial charge in [-0.1, -0.05) is 0 Å². The van der Waals surface area contributed by atoms with Gasteiger partial charge in [-0.25, -0.2) is 0 Å². The van der Waals surface area contributed by atoms with Crippen LogP contribution < -0.4 is 4.90 Å². The first-order valence-corrected chi connectivity index (χ1v) is 9.13. The Labute approximate surface area is 142 Å². The van der Waals surface area contributed by atoms with Crippen molar-refractivity contribution >= 4 is 21.6 Å². The SMILES string of the molecule is CC1CN(CC2CCN(c3cncc(Br)c3)CC2)CC(C)O1. The fourth-order valence-electron chi connectivity index (χ4n) is 3.75. The van der Waals surface area contributed by atoms with Crippen molar-refractivity contribution in [1.29, 1.82) is 0 Å². The molecular weight excluding hydrogens is 342 g/mol. The quantitative estimate of drug-likeness (QED) is 0.820. The molecule has 0 aliphatic carbocycles. The molecule has 0 saturated carbocycles. The van der Waals surface area contributed by atoms with Gasteiger partial charge in [0.15, 0.2) is 0 Å². The van der Waals surface area contributed by atoms with Crippen molar-refractivity contribution in [3.63, 3.8) is 0 Å². The molecule has 3 rings (SSSR count). The van der Waals surface area contributed by atoms with Gasteiger partial charge >= 0.3 is 0 Å². The first-order valence-electron chi connectivity index (χ1n) is 8.33. The van der Waals surface area contributed by atoms with Crippen LogP contribution >= 0.6 is 15.9 Å². The lowest BCUT2D eigenvalue weighted by atomic mass is 9.95. The Morgan fingerprint density at radius 2 is 1.86 bits per heavy atom. The van der Waals surface area contributed by atoms with E-state index in [1.165, 1.54) is 25.1 Å². The Balaban J connectivity index is 1.49. The molecule has 0 spiro atoms. The van der Waals surface area contributed by atoms with E-state index in [4.69, 9.17) is 4.74 Å². The predicted molar refractivity (Wildman–Crippen MR) is 93.3 cm³/mol. The summed E-state index contributed by atoms with van der Waals surface area (Å²) in [5, 5.41) is 0. The number of aromatic nitrogens is 1. The second-order valence-electron chi connectivity index (χ2n) is 6.77. The molecule has 3 heterocycles. The van der Waals surface area contributed by atoms with Crippen molar-refractivity contribution in [2.75, 3.05) is 37.6 Å². The van der Waals surface area contributed by atoms with Crippen molar-refractivity contribution in [1.82, 2.24) is 9.88 Å². The van der Waals surface area contributed by atoms with Gasteiger partial charge in [-0.15, -0.1) is 0 Å². The lowest BCUT2D eigenvalue weighted by Gasteiger charge is -2.40. The molecule has 122 valence electrons. The summed E-state index contributed by atoms with van der Waals surface area (Å²) >= 11 is 3.51. The number of piperidine rings is 1. The zero-order valence-electron chi connectivity index (χ0n) is 13.5. The summed E-state index contributed by atoms with van der Waals surface area (Å²) in [7, 11) is 0. The van der Waals surface area contributed by atoms with Gasteiger partial charge in [0, 0.05) is 43.4 Å². The Kier molecular flexibility index (Phi) is 5.37. The van der Waals surface area contributed by atoms with E-state index in [-0.39, 0.29) is 0 Å². The predicted octanol–water partition coefficient (Wildman–Crippen LogP) is 3.17. The van der Waals surface area contributed by atoms with Crippen LogP contribution in [-0.4, -0.2) is 54.8 Å². The van der Waals surface area contributed by atoms with Crippen LogP contribution in [0.2, 0.25) is 0 Å². The van der Waals surface area contributed by atoms with Crippen molar-refractivity contribution in [2.24, 2.45) is 5.92 Å². The molecule has 22 heavy (non-hydrogen) atoms. The number of pyridine rings is 1. The standard InChI is InChI=1S/C17H26BrN3O/c1-13-10-20(11-14(2)22-13)12-15-3-5-21(6-4-15)17-7-16(18)8-19-9-17/h7-9,13-15H,3-6,10-12H2,1-2H3. The summed E-state index contributed by atoms with van der Waals surface area (Å²) in [6.07, 6.45) is 7.10. The van der Waals surface area contributed by atoms with Crippen molar-refractivity contribution < 1.29 is 4.74 Å². The maximum Gasteiger partial charge on any atom is 0.0678 e. The molecular formula is C17H26BrN3O. The van der Waals surface area contributed by atoms with Gasteiger partial charge in [0.25, 0.3) is 0 Å². The third-order valence-electron chi connectivity index (χ3n) is 4.68. The van der Waals surface area contributed by atoms with E-state index >= 15 is 0 Å². The van der Waals surface area contributed by atoms with Crippen LogP contribution in [0.4, 0.5) is 5.69 Å². The fraction of sp³-hybridized carbons (Fsp3) is 0.706. The minimum Gasteiger partial charge on any atom is -0.373 e. The lowest BCUT2D eigenvalue weighted by Crippen LogP contribution is -2.48. The molecule has 0 radical (unpaired) electrons. The average Bonchev–Trinajstić information content (AvgIpc) is 2.47. The third-order valence-corrected chi connectivity index (χ3v) is 5.12. The molecule has 0 N–H and O–H groups in total. The largest absolute Gasteiger partial charge is 0.373 e. The normalized spacial score (nSPS) is 28.0. The summed E-state index contributed by atoms with van der Waals surface area (Å²) < 4.78 is 6.89. The van der Waals surface area contributed by atoms with E-state index in [2.05, 4.69) is 50.6 Å². The van der Waals surface area contributed by atoms with Crippen LogP contribution in [0.25, 0.3) is 0 Å². The molecule has 2 atom stereocenters. The van der Waals surface area contributed by atoms with Gasteiger partial charge in [0.1, 0.15) is 0 Å². The molecule has 2 aliphatic rings. The van der Waals surface area contributed by atoms with Crippen LogP contribution in [0.15, 0.2) is 22.9 Å². The summed E-state index contributed by atoms with van der Waals surface area (Å²) in [6, 6.07) is 2.17. The summed E-state index contributed by atoms with van der Waals surface area (Å²) in [6.45, 7) is 10.0. The smallest absolute Gasteiger partial charge is 0.0678 e. The Hall–Kier alpha value is -0.650. The topological polar surface area (TPSA) is 28.6 Å². The second kappa shape index (κ2) is 7.28. The van der Waals surface area contributed by atoms with E-state index in [0.717, 1.165) is 36.6 Å². The second-order valence-corrected chi connectivity index (χ2v) is 7.68. The number of hydrogen-bond acceptors (Lipinski definition) is 4. The number of halogens is 1. The molecule has 0 amide bonds. The van der Waals surface area contributed by atoms with Crippen LogP contribution in [0.3, 0.4) is 0 Å². The van der Waals surface area contributed by atoms with E-state index in [9.17, 15) is 0 Å². The highest BCUT2D eigenvalue weighted by molar-refractivity contribution is 9.10. The fourth-order valence-corrected chi connectivity index (χ4v) is 4.10. The first kappa shape index (κ1) is 16.2. The molecule has 0 aromatic carbocycles. The van der Waals surface area contributed by atoms with Gasteiger partial charge in [-0.05, 0) is 54.6 Å². The van der Waals surface area contributed by atoms with E-state index in [1.807, 2.05) is 12.4 Å². The number of hydrogen-bond donors (Lipinski definition) is 0. The summed E-state index contributed by atoms with van der Waals surface area (Å²) in [5.74, 6) is 0.814. The van der Waals surface area contributed by atoms with Crippen molar-refractivity contribution in [3.05, 3.63) is 22.9 Å². The van der Waals surface area contributed by atoms with E-state index < -0.39 is 0 Å². The molecule has 0 bridgehead atoms. The zero-order chi connectivity index (χ0) is 15.5. The molecule has 4 nitrogen and oxygen atoms in total. The lowest BCUT2D eigenvalue weighted by molar-refractivity contribution is -0.0720. The Morgan fingerprint density at radius 1 is 1.18 bits per heavy atom. The zero-order valence-corrected chi connectivity index (χ0v) is 15.1. The molecule has 2 fully saturated rings. The maximum absolute atomic E-state index is 5.83. The molecule has 2 aliphatic heterocycles. The van der Waals surface area contributed by atoms with Crippen LogP contribution in [0.1, 0.15) is 26.7 Å². The molecule has 1 aromatic rings. The number of anilines is 1. The van der Waals surface area contributed by atoms with Gasteiger partial charge < -0.3 is 9.64 Å². The highest BCUT2D eigenvalue weighted by Crippen LogP contribution is 2.26. The van der Waals surface area contributed by atoms with Crippen molar-refractivity contribution in [3.8, 4) is 0 Å².